The molecule has 0 amide bonds. The van der Waals surface area contributed by atoms with Gasteiger partial charge >= 0.3 is 5.63 Å². The van der Waals surface area contributed by atoms with Crippen molar-refractivity contribution < 1.29 is 14.3 Å². The molecule has 17 heavy (non-hydrogen) atoms. The maximum atomic E-state index is 11.1. The Morgan fingerprint density at radius 2 is 2.18 bits per heavy atom. The second-order valence-corrected chi connectivity index (χ2v) is 3.81. The summed E-state index contributed by atoms with van der Waals surface area (Å²) >= 11 is 0. The SMILES string of the molecule is CCCCOc1cc2oc(=O)ccc2cc1O. The van der Waals surface area contributed by atoms with Gasteiger partial charge in [0.15, 0.2) is 11.5 Å². The van der Waals surface area contributed by atoms with Gasteiger partial charge in [0.05, 0.1) is 6.61 Å². The fourth-order valence-corrected chi connectivity index (χ4v) is 1.53. The molecule has 0 radical (unpaired) electrons. The summed E-state index contributed by atoms with van der Waals surface area (Å²) < 4.78 is 10.4. The van der Waals surface area contributed by atoms with Crippen LogP contribution in [0.4, 0.5) is 0 Å². The molecule has 0 aliphatic carbocycles. The summed E-state index contributed by atoms with van der Waals surface area (Å²) in [5.41, 5.74) is 0.00416. The minimum atomic E-state index is -0.414. The third-order valence-corrected chi connectivity index (χ3v) is 2.46. The van der Waals surface area contributed by atoms with Crippen molar-refractivity contribution in [2.24, 2.45) is 0 Å². The molecule has 0 bridgehead atoms. The maximum Gasteiger partial charge on any atom is 0.336 e. The van der Waals surface area contributed by atoms with Crippen molar-refractivity contribution in [2.45, 2.75) is 19.8 Å². The molecule has 0 fully saturated rings. The van der Waals surface area contributed by atoms with Crippen LogP contribution in [0.15, 0.2) is 33.5 Å². The molecule has 1 heterocycles. The van der Waals surface area contributed by atoms with E-state index in [0.717, 1.165) is 12.8 Å². The summed E-state index contributed by atoms with van der Waals surface area (Å²) in [6, 6.07) is 6.00. The normalized spacial score (nSPS) is 10.6. The number of phenolic OH excluding ortho intramolecular Hbond substituents is 1. The molecule has 0 aliphatic heterocycles. The van der Waals surface area contributed by atoms with Gasteiger partial charge < -0.3 is 14.3 Å². The molecule has 90 valence electrons. The van der Waals surface area contributed by atoms with Crippen molar-refractivity contribution in [1.82, 2.24) is 0 Å². The second-order valence-electron chi connectivity index (χ2n) is 3.81. The van der Waals surface area contributed by atoms with Gasteiger partial charge in [0.2, 0.25) is 0 Å². The summed E-state index contributed by atoms with van der Waals surface area (Å²) in [6.07, 6.45) is 1.93. The fourth-order valence-electron chi connectivity index (χ4n) is 1.53. The van der Waals surface area contributed by atoms with Crippen LogP contribution in [-0.2, 0) is 0 Å². The molecule has 1 aromatic heterocycles. The average molecular weight is 234 g/mol. The lowest BCUT2D eigenvalue weighted by molar-refractivity contribution is 0.293. The molecule has 0 atom stereocenters. The highest BCUT2D eigenvalue weighted by Crippen LogP contribution is 2.30. The average Bonchev–Trinajstić information content (AvgIpc) is 2.31. The van der Waals surface area contributed by atoms with Crippen LogP contribution in [0.25, 0.3) is 11.0 Å². The second kappa shape index (κ2) is 4.91. The van der Waals surface area contributed by atoms with Crippen LogP contribution in [0.2, 0.25) is 0 Å². The van der Waals surface area contributed by atoms with E-state index in [-0.39, 0.29) is 5.75 Å². The molecule has 0 aliphatic rings. The number of benzene rings is 1. The Kier molecular flexibility index (Phi) is 3.32. The van der Waals surface area contributed by atoms with Gasteiger partial charge in [-0.15, -0.1) is 0 Å². The van der Waals surface area contributed by atoms with Crippen LogP contribution in [0, 0.1) is 0 Å². The van der Waals surface area contributed by atoms with Gasteiger partial charge in [-0.1, -0.05) is 13.3 Å². The van der Waals surface area contributed by atoms with Crippen molar-refractivity contribution in [3.05, 3.63) is 34.7 Å². The molecule has 1 N–H and O–H groups in total. The number of hydrogen-bond acceptors (Lipinski definition) is 4. The standard InChI is InChI=1S/C13H14O4/c1-2-3-6-16-12-8-11-9(7-10(12)14)4-5-13(15)17-11/h4-5,7-8,14H,2-3,6H2,1H3. The Labute approximate surface area is 98.4 Å². The first-order valence-electron chi connectivity index (χ1n) is 5.60. The molecular formula is C13H14O4. The third-order valence-electron chi connectivity index (χ3n) is 2.46. The van der Waals surface area contributed by atoms with Crippen LogP contribution in [0.1, 0.15) is 19.8 Å². The monoisotopic (exact) mass is 234 g/mol. The zero-order valence-corrected chi connectivity index (χ0v) is 9.60. The quantitative estimate of drug-likeness (QED) is 0.652. The molecule has 4 heteroatoms. The Balaban J connectivity index is 2.36. The van der Waals surface area contributed by atoms with Crippen LogP contribution >= 0.6 is 0 Å². The number of aromatic hydroxyl groups is 1. The summed E-state index contributed by atoms with van der Waals surface area (Å²) in [6.45, 7) is 2.59. The van der Waals surface area contributed by atoms with Gasteiger partial charge in [-0.25, -0.2) is 4.79 Å². The van der Waals surface area contributed by atoms with E-state index in [1.165, 1.54) is 12.1 Å². The van der Waals surface area contributed by atoms with Crippen molar-refractivity contribution in [3.63, 3.8) is 0 Å². The smallest absolute Gasteiger partial charge is 0.336 e. The molecular weight excluding hydrogens is 220 g/mol. The number of rotatable bonds is 4. The van der Waals surface area contributed by atoms with E-state index < -0.39 is 5.63 Å². The Morgan fingerprint density at radius 1 is 1.35 bits per heavy atom. The first kappa shape index (κ1) is 11.5. The first-order chi connectivity index (χ1) is 8.20. The molecule has 2 aromatic rings. The number of unbranched alkanes of at least 4 members (excludes halogenated alkanes) is 1. The fraction of sp³-hybridized carbons (Fsp3) is 0.308. The van der Waals surface area contributed by atoms with Crippen LogP contribution < -0.4 is 10.4 Å². The van der Waals surface area contributed by atoms with Gasteiger partial charge in [-0.2, -0.15) is 0 Å². The lowest BCUT2D eigenvalue weighted by atomic mass is 10.2. The van der Waals surface area contributed by atoms with Crippen LogP contribution in [-0.4, -0.2) is 11.7 Å². The Morgan fingerprint density at radius 3 is 2.94 bits per heavy atom. The summed E-state index contributed by atoms with van der Waals surface area (Å²) in [7, 11) is 0. The number of fused-ring (bicyclic) bond motifs is 1. The first-order valence-corrected chi connectivity index (χ1v) is 5.60. The van der Waals surface area contributed by atoms with Gasteiger partial charge in [0.25, 0.3) is 0 Å². The molecule has 0 saturated carbocycles. The Hall–Kier alpha value is -1.97. The molecule has 1 aromatic carbocycles. The largest absolute Gasteiger partial charge is 0.504 e. The minimum Gasteiger partial charge on any atom is -0.504 e. The van der Waals surface area contributed by atoms with E-state index in [1.54, 1.807) is 12.1 Å². The highest BCUT2D eigenvalue weighted by molar-refractivity contribution is 5.80. The molecule has 0 saturated heterocycles. The van der Waals surface area contributed by atoms with Crippen LogP contribution in [0.3, 0.4) is 0 Å². The summed E-state index contributed by atoms with van der Waals surface area (Å²) in [5.74, 6) is 0.405. The maximum absolute atomic E-state index is 11.1. The van der Waals surface area contributed by atoms with Gasteiger partial charge in [0.1, 0.15) is 5.58 Å². The van der Waals surface area contributed by atoms with E-state index in [4.69, 9.17) is 9.15 Å². The molecule has 0 spiro atoms. The number of phenols is 1. The molecule has 2 rings (SSSR count). The van der Waals surface area contributed by atoms with E-state index in [2.05, 4.69) is 6.92 Å². The van der Waals surface area contributed by atoms with Crippen molar-refractivity contribution in [2.75, 3.05) is 6.61 Å². The van der Waals surface area contributed by atoms with Crippen molar-refractivity contribution in [3.8, 4) is 11.5 Å². The molecule has 0 unspecified atom stereocenters. The predicted octanol–water partition coefficient (Wildman–Crippen LogP) is 2.68. The van der Waals surface area contributed by atoms with Crippen molar-refractivity contribution >= 4 is 11.0 Å². The highest BCUT2D eigenvalue weighted by atomic mass is 16.5. The molecule has 4 nitrogen and oxygen atoms in total. The zero-order chi connectivity index (χ0) is 12.3. The summed E-state index contributed by atoms with van der Waals surface area (Å²) in [5, 5.41) is 10.4. The Bertz CT molecular complexity index is 571. The van der Waals surface area contributed by atoms with Gasteiger partial charge in [-0.3, -0.25) is 0 Å². The van der Waals surface area contributed by atoms with Gasteiger partial charge in [-0.05, 0) is 18.6 Å². The van der Waals surface area contributed by atoms with Gasteiger partial charge in [0, 0.05) is 17.5 Å². The zero-order valence-electron chi connectivity index (χ0n) is 9.60. The lowest BCUT2D eigenvalue weighted by Gasteiger charge is -2.08. The van der Waals surface area contributed by atoms with E-state index in [9.17, 15) is 9.90 Å². The van der Waals surface area contributed by atoms with Crippen LogP contribution in [0.5, 0.6) is 11.5 Å². The van der Waals surface area contributed by atoms with E-state index in [0.29, 0.717) is 23.3 Å². The third kappa shape index (κ3) is 2.58. The minimum absolute atomic E-state index is 0.0578. The summed E-state index contributed by atoms with van der Waals surface area (Å²) in [4.78, 5) is 11.1. The number of hydrogen-bond donors (Lipinski definition) is 1. The van der Waals surface area contributed by atoms with E-state index >= 15 is 0 Å². The van der Waals surface area contributed by atoms with Crippen molar-refractivity contribution in [1.29, 1.82) is 0 Å². The topological polar surface area (TPSA) is 59.7 Å². The highest BCUT2D eigenvalue weighted by Gasteiger charge is 2.06. The van der Waals surface area contributed by atoms with E-state index in [1.807, 2.05) is 0 Å². The predicted molar refractivity (Wildman–Crippen MR) is 64.6 cm³/mol. The number of ether oxygens (including phenoxy) is 1. The lowest BCUT2D eigenvalue weighted by Crippen LogP contribution is -1.98.